The van der Waals surface area contributed by atoms with Gasteiger partial charge in [0.2, 0.25) is 0 Å². The van der Waals surface area contributed by atoms with E-state index in [2.05, 4.69) is 0 Å². The van der Waals surface area contributed by atoms with Gasteiger partial charge in [-0.1, -0.05) is 13.8 Å². The molecule has 0 aliphatic carbocycles. The molecular weight excluding hydrogens is 216 g/mol. The molecule has 3 heteroatoms. The van der Waals surface area contributed by atoms with Crippen LogP contribution < -0.4 is 0 Å². The lowest BCUT2D eigenvalue weighted by molar-refractivity contribution is -0.140. The summed E-state index contributed by atoms with van der Waals surface area (Å²) in [4.78, 5) is 0. The van der Waals surface area contributed by atoms with Crippen LogP contribution in [0.2, 0.25) is 0 Å². The Morgan fingerprint density at radius 2 is 1.71 bits per heavy atom. The maximum atomic E-state index is 10.5. The fourth-order valence-corrected chi connectivity index (χ4v) is 3.14. The second-order valence-corrected chi connectivity index (χ2v) is 6.53. The quantitative estimate of drug-likeness (QED) is 0.799. The lowest BCUT2D eigenvalue weighted by Crippen LogP contribution is -2.50. The minimum atomic E-state index is -0.994. The monoisotopic (exact) mass is 244 g/mol. The Hall–Kier alpha value is -0.120. The summed E-state index contributed by atoms with van der Waals surface area (Å²) < 4.78 is 5.98. The molecule has 2 N–H and O–H groups in total. The van der Waals surface area contributed by atoms with E-state index < -0.39 is 11.7 Å². The maximum Gasteiger partial charge on any atom is 0.0904 e. The normalized spacial score (nSPS) is 29.3. The van der Waals surface area contributed by atoms with Crippen molar-refractivity contribution in [3.8, 4) is 0 Å². The zero-order valence-corrected chi connectivity index (χ0v) is 12.1. The predicted molar refractivity (Wildman–Crippen MR) is 68.9 cm³/mol. The van der Waals surface area contributed by atoms with Gasteiger partial charge >= 0.3 is 0 Å². The van der Waals surface area contributed by atoms with Crippen molar-refractivity contribution in [2.24, 2.45) is 5.92 Å². The molecule has 1 aliphatic rings. The highest BCUT2D eigenvalue weighted by Crippen LogP contribution is 2.46. The van der Waals surface area contributed by atoms with Gasteiger partial charge in [-0.15, -0.1) is 0 Å². The number of aliphatic hydroxyl groups excluding tert-OH is 1. The van der Waals surface area contributed by atoms with Gasteiger partial charge in [-0.3, -0.25) is 0 Å². The van der Waals surface area contributed by atoms with Gasteiger partial charge in [0, 0.05) is 5.92 Å². The highest BCUT2D eigenvalue weighted by molar-refractivity contribution is 5.02. The Labute approximate surface area is 105 Å². The Morgan fingerprint density at radius 1 is 1.24 bits per heavy atom. The molecule has 1 rings (SSSR count). The first kappa shape index (κ1) is 14.9. The Balaban J connectivity index is 2.93. The Kier molecular flexibility index (Phi) is 3.98. The van der Waals surface area contributed by atoms with Crippen LogP contribution in [0.5, 0.6) is 0 Å². The first-order valence-electron chi connectivity index (χ1n) is 6.68. The SMILES string of the molecule is CCC(O)(CC)C(O)C1CC(C)(C)OC1(C)C. The fraction of sp³-hybridized carbons (Fsp3) is 1.00. The van der Waals surface area contributed by atoms with E-state index in [1.54, 1.807) is 0 Å². The summed E-state index contributed by atoms with van der Waals surface area (Å²) in [5.74, 6) is -0.0256. The van der Waals surface area contributed by atoms with E-state index >= 15 is 0 Å². The predicted octanol–water partition coefficient (Wildman–Crippen LogP) is 2.49. The molecule has 3 nitrogen and oxygen atoms in total. The molecule has 0 amide bonds. The van der Waals surface area contributed by atoms with Crippen LogP contribution in [0.25, 0.3) is 0 Å². The van der Waals surface area contributed by atoms with Gasteiger partial charge in [0.1, 0.15) is 0 Å². The van der Waals surface area contributed by atoms with E-state index in [0.717, 1.165) is 6.42 Å². The van der Waals surface area contributed by atoms with E-state index in [4.69, 9.17) is 4.74 Å². The molecule has 2 unspecified atom stereocenters. The molecule has 102 valence electrons. The van der Waals surface area contributed by atoms with Crippen LogP contribution in [0, 0.1) is 5.92 Å². The summed E-state index contributed by atoms with van der Waals surface area (Å²) >= 11 is 0. The average Bonchev–Trinajstić information content (AvgIpc) is 2.44. The van der Waals surface area contributed by atoms with E-state index in [1.807, 2.05) is 41.5 Å². The number of ether oxygens (including phenoxy) is 1. The number of hydrogen-bond donors (Lipinski definition) is 2. The second-order valence-electron chi connectivity index (χ2n) is 6.53. The topological polar surface area (TPSA) is 49.7 Å². The van der Waals surface area contributed by atoms with Crippen LogP contribution in [-0.2, 0) is 4.74 Å². The lowest BCUT2D eigenvalue weighted by Gasteiger charge is -2.39. The van der Waals surface area contributed by atoms with E-state index in [1.165, 1.54) is 0 Å². The number of aliphatic hydroxyl groups is 2. The molecule has 0 aromatic carbocycles. The van der Waals surface area contributed by atoms with Crippen molar-refractivity contribution in [2.45, 2.75) is 83.7 Å². The van der Waals surface area contributed by atoms with Crippen molar-refractivity contribution in [3.05, 3.63) is 0 Å². The number of hydrogen-bond acceptors (Lipinski definition) is 3. The first-order valence-corrected chi connectivity index (χ1v) is 6.68. The zero-order chi connectivity index (χ0) is 13.5. The van der Waals surface area contributed by atoms with Gasteiger partial charge in [0.05, 0.1) is 22.9 Å². The summed E-state index contributed by atoms with van der Waals surface area (Å²) in [6.07, 6.45) is 1.19. The van der Waals surface area contributed by atoms with Crippen molar-refractivity contribution in [1.29, 1.82) is 0 Å². The molecule has 1 saturated heterocycles. The minimum absolute atomic E-state index is 0.0256. The van der Waals surface area contributed by atoms with E-state index in [9.17, 15) is 10.2 Å². The first-order chi connectivity index (χ1) is 7.58. The Bertz CT molecular complexity index is 267. The van der Waals surface area contributed by atoms with Crippen molar-refractivity contribution < 1.29 is 14.9 Å². The van der Waals surface area contributed by atoms with Crippen LogP contribution in [0.3, 0.4) is 0 Å². The molecule has 0 bridgehead atoms. The summed E-state index contributed by atoms with van der Waals surface area (Å²) in [6.45, 7) is 11.9. The minimum Gasteiger partial charge on any atom is -0.390 e. The zero-order valence-electron chi connectivity index (χ0n) is 12.1. The van der Waals surface area contributed by atoms with Gasteiger partial charge in [-0.25, -0.2) is 0 Å². The van der Waals surface area contributed by atoms with Crippen LogP contribution >= 0.6 is 0 Å². The van der Waals surface area contributed by atoms with Crippen molar-refractivity contribution in [2.75, 3.05) is 0 Å². The third-order valence-electron chi connectivity index (χ3n) is 4.30. The highest BCUT2D eigenvalue weighted by atomic mass is 16.5. The molecule has 0 radical (unpaired) electrons. The molecule has 17 heavy (non-hydrogen) atoms. The van der Waals surface area contributed by atoms with E-state index in [-0.39, 0.29) is 17.1 Å². The van der Waals surface area contributed by atoms with Crippen LogP contribution in [0.4, 0.5) is 0 Å². The van der Waals surface area contributed by atoms with Gasteiger partial charge in [-0.05, 0) is 47.0 Å². The smallest absolute Gasteiger partial charge is 0.0904 e. The molecule has 0 saturated carbocycles. The van der Waals surface area contributed by atoms with Crippen LogP contribution in [0.1, 0.15) is 60.8 Å². The molecule has 0 aromatic heterocycles. The standard InChI is InChI=1S/C14H28O3/c1-7-14(16,8-2)11(15)10-9-12(3,4)17-13(10,5)6/h10-11,15-16H,7-9H2,1-6H3. The summed E-state index contributed by atoms with van der Waals surface area (Å²) in [5.41, 5.74) is -1.61. The molecule has 1 fully saturated rings. The average molecular weight is 244 g/mol. The second kappa shape index (κ2) is 4.52. The largest absolute Gasteiger partial charge is 0.390 e. The summed E-state index contributed by atoms with van der Waals surface area (Å²) in [6, 6.07) is 0. The van der Waals surface area contributed by atoms with E-state index in [0.29, 0.717) is 12.8 Å². The third kappa shape index (κ3) is 2.83. The molecular formula is C14H28O3. The molecule has 2 atom stereocenters. The lowest BCUT2D eigenvalue weighted by atomic mass is 9.74. The molecule has 0 aromatic rings. The van der Waals surface area contributed by atoms with Crippen LogP contribution in [0.15, 0.2) is 0 Å². The summed E-state index contributed by atoms with van der Waals surface area (Å²) in [5, 5.41) is 21.0. The van der Waals surface area contributed by atoms with Crippen molar-refractivity contribution in [1.82, 2.24) is 0 Å². The third-order valence-corrected chi connectivity index (χ3v) is 4.30. The highest BCUT2D eigenvalue weighted by Gasteiger charge is 2.53. The van der Waals surface area contributed by atoms with Gasteiger partial charge in [0.15, 0.2) is 0 Å². The van der Waals surface area contributed by atoms with Gasteiger partial charge in [-0.2, -0.15) is 0 Å². The molecule has 0 spiro atoms. The molecule has 1 heterocycles. The Morgan fingerprint density at radius 3 is 2.00 bits per heavy atom. The summed E-state index contributed by atoms with van der Waals surface area (Å²) in [7, 11) is 0. The maximum absolute atomic E-state index is 10.5. The van der Waals surface area contributed by atoms with Gasteiger partial charge < -0.3 is 14.9 Å². The fourth-order valence-electron chi connectivity index (χ4n) is 3.14. The van der Waals surface area contributed by atoms with Crippen molar-refractivity contribution in [3.63, 3.8) is 0 Å². The molecule has 1 aliphatic heterocycles. The van der Waals surface area contributed by atoms with Crippen molar-refractivity contribution >= 4 is 0 Å². The van der Waals surface area contributed by atoms with Gasteiger partial charge in [0.25, 0.3) is 0 Å². The number of rotatable bonds is 4. The van der Waals surface area contributed by atoms with Crippen LogP contribution in [-0.4, -0.2) is 33.1 Å².